The minimum atomic E-state index is 0. The summed E-state index contributed by atoms with van der Waals surface area (Å²) in [5.74, 6) is 2.81. The van der Waals surface area contributed by atoms with Gasteiger partial charge in [-0.25, -0.2) is 0 Å². The Morgan fingerprint density at radius 2 is 1.71 bits per heavy atom. The number of benzene rings is 1. The fourth-order valence-corrected chi connectivity index (χ4v) is 2.83. The van der Waals surface area contributed by atoms with Crippen LogP contribution in [0.1, 0.15) is 46.1 Å². The topological polar surface area (TPSA) is 64.1 Å². The van der Waals surface area contributed by atoms with Gasteiger partial charge in [0.2, 0.25) is 5.75 Å². The van der Waals surface area contributed by atoms with Crippen molar-refractivity contribution in [2.45, 2.75) is 53.0 Å². The molecule has 1 unspecified atom stereocenters. The van der Waals surface area contributed by atoms with Crippen LogP contribution in [0.25, 0.3) is 0 Å². The number of hydrogen-bond acceptors (Lipinski definition) is 4. The first kappa shape index (κ1) is 26.6. The van der Waals surface area contributed by atoms with E-state index in [1.165, 1.54) is 6.42 Å². The lowest BCUT2D eigenvalue weighted by Crippen LogP contribution is -2.43. The molecule has 1 rings (SSSR count). The molecule has 0 amide bonds. The third-order valence-corrected chi connectivity index (χ3v) is 4.41. The molecule has 162 valence electrons. The summed E-state index contributed by atoms with van der Waals surface area (Å²) in [4.78, 5) is 4.33. The molecule has 0 saturated heterocycles. The van der Waals surface area contributed by atoms with E-state index in [1.807, 2.05) is 12.1 Å². The highest BCUT2D eigenvalue weighted by Gasteiger charge is 2.16. The number of halogens is 1. The number of hydrogen-bond donors (Lipinski definition) is 2. The van der Waals surface area contributed by atoms with Crippen LogP contribution < -0.4 is 24.8 Å². The van der Waals surface area contributed by atoms with E-state index in [0.717, 1.165) is 30.9 Å². The minimum Gasteiger partial charge on any atom is -0.493 e. The fourth-order valence-electron chi connectivity index (χ4n) is 2.83. The molecule has 0 aromatic heterocycles. The first-order chi connectivity index (χ1) is 12.8. The van der Waals surface area contributed by atoms with Crippen molar-refractivity contribution < 1.29 is 14.2 Å². The van der Waals surface area contributed by atoms with Gasteiger partial charge in [0.05, 0.1) is 21.3 Å². The Bertz CT molecular complexity index is 616. The van der Waals surface area contributed by atoms with Gasteiger partial charge in [0.25, 0.3) is 0 Å². The molecule has 0 bridgehead atoms. The van der Waals surface area contributed by atoms with Crippen molar-refractivity contribution in [1.29, 1.82) is 0 Å². The summed E-state index contributed by atoms with van der Waals surface area (Å²) in [5, 5.41) is 6.83. The van der Waals surface area contributed by atoms with Crippen LogP contribution in [0.5, 0.6) is 17.2 Å². The SMILES string of the molecule is CN=C(NCCc1ccc(OC)c(OC)c1OC)NC(C)CCC(C)(C)C.I. The number of guanidine groups is 1. The van der Waals surface area contributed by atoms with E-state index in [0.29, 0.717) is 28.7 Å². The number of ether oxygens (including phenoxy) is 3. The second-order valence-electron chi connectivity index (χ2n) is 7.89. The Hall–Kier alpha value is -1.38. The number of methoxy groups -OCH3 is 3. The van der Waals surface area contributed by atoms with Crippen LogP contribution in [0.3, 0.4) is 0 Å². The molecule has 6 nitrogen and oxygen atoms in total. The van der Waals surface area contributed by atoms with Gasteiger partial charge in [0, 0.05) is 25.2 Å². The fraction of sp³-hybridized carbons (Fsp3) is 0.667. The molecule has 0 saturated carbocycles. The maximum Gasteiger partial charge on any atom is 0.203 e. The predicted octanol–water partition coefficient (Wildman–Crippen LogP) is 4.25. The van der Waals surface area contributed by atoms with Gasteiger partial charge in [-0.2, -0.15) is 0 Å². The molecule has 0 spiro atoms. The lowest BCUT2D eigenvalue weighted by Gasteiger charge is -2.23. The average Bonchev–Trinajstić information content (AvgIpc) is 2.64. The molecule has 0 aliphatic carbocycles. The zero-order valence-electron chi connectivity index (χ0n) is 18.6. The van der Waals surface area contributed by atoms with E-state index in [-0.39, 0.29) is 24.0 Å². The quantitative estimate of drug-likeness (QED) is 0.297. The monoisotopic (exact) mass is 507 g/mol. The number of nitrogens with one attached hydrogen (secondary N) is 2. The third-order valence-electron chi connectivity index (χ3n) is 4.41. The van der Waals surface area contributed by atoms with Crippen LogP contribution in [-0.2, 0) is 6.42 Å². The molecule has 0 fully saturated rings. The maximum absolute atomic E-state index is 5.54. The highest BCUT2D eigenvalue weighted by atomic mass is 127. The van der Waals surface area contributed by atoms with Gasteiger partial charge in [0.1, 0.15) is 0 Å². The Kier molecular flexibility index (Phi) is 12.3. The molecule has 0 aliphatic heterocycles. The summed E-state index contributed by atoms with van der Waals surface area (Å²) < 4.78 is 16.3. The highest BCUT2D eigenvalue weighted by molar-refractivity contribution is 14.0. The number of aliphatic imine (C=N–C) groups is 1. The zero-order valence-corrected chi connectivity index (χ0v) is 21.0. The smallest absolute Gasteiger partial charge is 0.203 e. The second kappa shape index (κ2) is 13.0. The molecule has 28 heavy (non-hydrogen) atoms. The van der Waals surface area contributed by atoms with Gasteiger partial charge in [-0.3, -0.25) is 4.99 Å². The van der Waals surface area contributed by atoms with Gasteiger partial charge in [-0.1, -0.05) is 26.8 Å². The molecule has 7 heteroatoms. The van der Waals surface area contributed by atoms with Gasteiger partial charge in [-0.15, -0.1) is 24.0 Å². The Morgan fingerprint density at radius 1 is 1.07 bits per heavy atom. The van der Waals surface area contributed by atoms with Crippen molar-refractivity contribution in [3.8, 4) is 17.2 Å². The van der Waals surface area contributed by atoms with E-state index in [2.05, 4.69) is 43.3 Å². The van der Waals surface area contributed by atoms with Crippen LogP contribution in [-0.4, -0.2) is 46.9 Å². The molecule has 1 aromatic carbocycles. The van der Waals surface area contributed by atoms with Gasteiger partial charge < -0.3 is 24.8 Å². The summed E-state index contributed by atoms with van der Waals surface area (Å²) in [7, 11) is 6.68. The van der Waals surface area contributed by atoms with E-state index in [9.17, 15) is 0 Å². The standard InChI is InChI=1S/C21H37N3O3.HI/c1-15(11-13-21(2,3)4)24-20(22-5)23-14-12-16-9-10-17(25-6)19(27-8)18(16)26-7;/h9-10,15H,11-14H2,1-8H3,(H2,22,23,24);1H. The Balaban J connectivity index is 0.00000729. The maximum atomic E-state index is 5.54. The average molecular weight is 507 g/mol. The van der Waals surface area contributed by atoms with Crippen LogP contribution in [0, 0.1) is 5.41 Å². The van der Waals surface area contributed by atoms with Crippen LogP contribution >= 0.6 is 24.0 Å². The summed E-state index contributed by atoms with van der Waals surface area (Å²) in [6, 6.07) is 4.27. The summed E-state index contributed by atoms with van der Waals surface area (Å²) in [5.41, 5.74) is 1.40. The first-order valence-electron chi connectivity index (χ1n) is 9.50. The Labute approximate surface area is 187 Å². The largest absolute Gasteiger partial charge is 0.493 e. The molecule has 2 N–H and O–H groups in total. The summed E-state index contributed by atoms with van der Waals surface area (Å²) in [6.45, 7) is 9.73. The van der Waals surface area contributed by atoms with Crippen LogP contribution in [0.15, 0.2) is 17.1 Å². The molecule has 0 aliphatic rings. The van der Waals surface area contributed by atoms with Gasteiger partial charge in [-0.05, 0) is 37.7 Å². The van der Waals surface area contributed by atoms with Gasteiger partial charge in [0.15, 0.2) is 17.5 Å². The van der Waals surface area contributed by atoms with Crippen molar-refractivity contribution in [3.05, 3.63) is 17.7 Å². The van der Waals surface area contributed by atoms with Crippen molar-refractivity contribution in [2.75, 3.05) is 34.9 Å². The van der Waals surface area contributed by atoms with Crippen molar-refractivity contribution in [2.24, 2.45) is 10.4 Å². The van der Waals surface area contributed by atoms with E-state index >= 15 is 0 Å². The van der Waals surface area contributed by atoms with Crippen LogP contribution in [0.2, 0.25) is 0 Å². The molecule has 0 radical (unpaired) electrons. The van der Waals surface area contributed by atoms with E-state index < -0.39 is 0 Å². The minimum absolute atomic E-state index is 0. The van der Waals surface area contributed by atoms with E-state index in [1.54, 1.807) is 28.4 Å². The van der Waals surface area contributed by atoms with Crippen molar-refractivity contribution in [3.63, 3.8) is 0 Å². The number of rotatable bonds is 9. The van der Waals surface area contributed by atoms with Crippen molar-refractivity contribution >= 4 is 29.9 Å². The van der Waals surface area contributed by atoms with Gasteiger partial charge >= 0.3 is 0 Å². The molecular formula is C21H38IN3O3. The van der Waals surface area contributed by atoms with Crippen LogP contribution in [0.4, 0.5) is 0 Å². The summed E-state index contributed by atoms with van der Waals surface area (Å²) in [6.07, 6.45) is 3.05. The summed E-state index contributed by atoms with van der Waals surface area (Å²) >= 11 is 0. The first-order valence-corrected chi connectivity index (χ1v) is 9.50. The third kappa shape index (κ3) is 8.75. The molecule has 0 heterocycles. The second-order valence-corrected chi connectivity index (χ2v) is 7.89. The highest BCUT2D eigenvalue weighted by Crippen LogP contribution is 2.39. The predicted molar refractivity (Wildman–Crippen MR) is 128 cm³/mol. The molecule has 1 aromatic rings. The van der Waals surface area contributed by atoms with E-state index in [4.69, 9.17) is 14.2 Å². The number of nitrogens with zero attached hydrogens (tertiary/aromatic N) is 1. The molecule has 1 atom stereocenters. The lowest BCUT2D eigenvalue weighted by molar-refractivity contribution is 0.322. The van der Waals surface area contributed by atoms with Crippen molar-refractivity contribution in [1.82, 2.24) is 10.6 Å². The zero-order chi connectivity index (χ0) is 20.4. The lowest BCUT2D eigenvalue weighted by atomic mass is 9.89. The normalized spacial score (nSPS) is 12.6. The molecular weight excluding hydrogens is 469 g/mol. The Morgan fingerprint density at radius 3 is 2.21 bits per heavy atom.